The van der Waals surface area contributed by atoms with Gasteiger partial charge in [0.15, 0.2) is 5.57 Å². The van der Waals surface area contributed by atoms with E-state index in [2.05, 4.69) is 10.3 Å². The van der Waals surface area contributed by atoms with Gasteiger partial charge in [0.05, 0.1) is 13.2 Å². The largest absolute Gasteiger partial charge is 0.462 e. The van der Waals surface area contributed by atoms with Gasteiger partial charge in [0.2, 0.25) is 0 Å². The van der Waals surface area contributed by atoms with Crippen molar-refractivity contribution in [2.45, 2.75) is 27.7 Å². The van der Waals surface area contributed by atoms with Gasteiger partial charge >= 0.3 is 11.9 Å². The lowest BCUT2D eigenvalue weighted by molar-refractivity contribution is -0.146. The number of rotatable bonds is 7. The second-order valence-electron chi connectivity index (χ2n) is 5.79. The molecule has 0 bridgehead atoms. The molecule has 0 fully saturated rings. The zero-order valence-electron chi connectivity index (χ0n) is 16.0. The van der Waals surface area contributed by atoms with Gasteiger partial charge in [-0.25, -0.2) is 9.59 Å². The molecule has 0 saturated carbocycles. The zero-order valence-corrected chi connectivity index (χ0v) is 16.0. The van der Waals surface area contributed by atoms with Crippen LogP contribution in [-0.2, 0) is 19.1 Å². The minimum atomic E-state index is -0.722. The van der Waals surface area contributed by atoms with Crippen LogP contribution in [0, 0.1) is 13.8 Å². The third-order valence-corrected chi connectivity index (χ3v) is 4.00. The molecule has 0 radical (unpaired) electrons. The Morgan fingerprint density at radius 3 is 2.37 bits per heavy atom. The van der Waals surface area contributed by atoms with Crippen molar-refractivity contribution >= 4 is 17.6 Å². The van der Waals surface area contributed by atoms with E-state index >= 15 is 0 Å². The van der Waals surface area contributed by atoms with Gasteiger partial charge in [0, 0.05) is 23.8 Å². The maximum Gasteiger partial charge on any atom is 0.347 e. The second-order valence-corrected chi connectivity index (χ2v) is 5.79. The number of hydrogen-bond donors (Lipinski definition) is 1. The van der Waals surface area contributed by atoms with Gasteiger partial charge in [-0.3, -0.25) is 4.98 Å². The number of nitrogens with one attached hydrogen (secondary N) is 1. The molecule has 6 nitrogen and oxygen atoms in total. The third kappa shape index (κ3) is 5.17. The number of anilines is 1. The lowest BCUT2D eigenvalue weighted by atomic mass is 10.00. The van der Waals surface area contributed by atoms with Gasteiger partial charge in [0.25, 0.3) is 0 Å². The van der Waals surface area contributed by atoms with Crippen molar-refractivity contribution in [2.75, 3.05) is 18.5 Å². The number of pyridine rings is 1. The number of hydrogen-bond acceptors (Lipinski definition) is 6. The van der Waals surface area contributed by atoms with Crippen molar-refractivity contribution in [1.29, 1.82) is 0 Å². The second kappa shape index (κ2) is 9.52. The number of nitrogens with zero attached hydrogens (tertiary/aromatic N) is 1. The number of aryl methyl sites for hydroxylation is 1. The molecule has 1 aromatic carbocycles. The molecule has 1 aromatic heterocycles. The molecule has 6 heteroatoms. The summed E-state index contributed by atoms with van der Waals surface area (Å²) in [6.07, 6.45) is 3.09. The Morgan fingerprint density at radius 1 is 1.07 bits per heavy atom. The number of carbonyl (C=O) groups is 2. The van der Waals surface area contributed by atoms with Crippen molar-refractivity contribution in [1.82, 2.24) is 4.98 Å². The maximum absolute atomic E-state index is 12.0. The Labute approximate surface area is 159 Å². The molecule has 1 N–H and O–H groups in total. The number of aromatic nitrogens is 1. The third-order valence-electron chi connectivity index (χ3n) is 4.00. The quantitative estimate of drug-likeness (QED) is 0.347. The smallest absolute Gasteiger partial charge is 0.347 e. The molecule has 0 amide bonds. The van der Waals surface area contributed by atoms with Crippen LogP contribution in [-0.4, -0.2) is 30.1 Å². The molecule has 142 valence electrons. The standard InChI is InChI=1S/C21H24N2O4/c1-5-26-20(24)19(21(25)27-6-2)13-23-17-9-7-8-16(12-17)18-10-11-22-15(4)14(18)3/h7-13,23H,5-6H2,1-4H3. The summed E-state index contributed by atoms with van der Waals surface area (Å²) in [6.45, 7) is 7.69. The fourth-order valence-corrected chi connectivity index (χ4v) is 2.50. The summed E-state index contributed by atoms with van der Waals surface area (Å²) in [4.78, 5) is 28.3. The molecule has 0 aliphatic rings. The molecule has 0 unspecified atom stereocenters. The van der Waals surface area contributed by atoms with E-state index in [1.165, 1.54) is 6.20 Å². The first-order chi connectivity index (χ1) is 13.0. The van der Waals surface area contributed by atoms with E-state index in [4.69, 9.17) is 9.47 Å². The van der Waals surface area contributed by atoms with E-state index in [9.17, 15) is 9.59 Å². The van der Waals surface area contributed by atoms with Crippen LogP contribution < -0.4 is 5.32 Å². The van der Waals surface area contributed by atoms with E-state index in [1.807, 2.05) is 44.2 Å². The number of ether oxygens (including phenoxy) is 2. The van der Waals surface area contributed by atoms with Crippen molar-refractivity contribution in [3.05, 3.63) is 59.6 Å². The van der Waals surface area contributed by atoms with Crippen molar-refractivity contribution in [3.63, 3.8) is 0 Å². The summed E-state index contributed by atoms with van der Waals surface area (Å²) in [7, 11) is 0. The molecular weight excluding hydrogens is 344 g/mol. The Kier molecular flexibility index (Phi) is 7.11. The van der Waals surface area contributed by atoms with Gasteiger partial charge in [-0.15, -0.1) is 0 Å². The van der Waals surface area contributed by atoms with E-state index in [0.717, 1.165) is 28.1 Å². The van der Waals surface area contributed by atoms with E-state index in [0.29, 0.717) is 0 Å². The highest BCUT2D eigenvalue weighted by atomic mass is 16.6. The first-order valence-electron chi connectivity index (χ1n) is 8.81. The van der Waals surface area contributed by atoms with Crippen LogP contribution in [0.1, 0.15) is 25.1 Å². The molecule has 27 heavy (non-hydrogen) atoms. The van der Waals surface area contributed by atoms with E-state index in [-0.39, 0.29) is 18.8 Å². The average molecular weight is 368 g/mol. The van der Waals surface area contributed by atoms with Gasteiger partial charge in [0.1, 0.15) is 0 Å². The minimum Gasteiger partial charge on any atom is -0.462 e. The van der Waals surface area contributed by atoms with E-state index < -0.39 is 11.9 Å². The number of esters is 2. The highest BCUT2D eigenvalue weighted by molar-refractivity contribution is 6.14. The molecule has 2 aromatic rings. The summed E-state index contributed by atoms with van der Waals surface area (Å²) in [5.41, 5.74) is 4.70. The Bertz CT molecular complexity index is 839. The Balaban J connectivity index is 2.30. The molecule has 0 aliphatic carbocycles. The summed E-state index contributed by atoms with van der Waals surface area (Å²) >= 11 is 0. The monoisotopic (exact) mass is 368 g/mol. The van der Waals surface area contributed by atoms with E-state index in [1.54, 1.807) is 20.0 Å². The number of benzene rings is 1. The Hall–Kier alpha value is -3.15. The van der Waals surface area contributed by atoms with Crippen molar-refractivity contribution in [3.8, 4) is 11.1 Å². The van der Waals surface area contributed by atoms with Crippen LogP contribution in [0.4, 0.5) is 5.69 Å². The van der Waals surface area contributed by atoms with Gasteiger partial charge in [-0.05, 0) is 62.6 Å². The first kappa shape index (κ1) is 20.2. The summed E-state index contributed by atoms with van der Waals surface area (Å²) in [5, 5.41) is 2.99. The van der Waals surface area contributed by atoms with Crippen LogP contribution in [0.25, 0.3) is 11.1 Å². The summed E-state index contributed by atoms with van der Waals surface area (Å²) < 4.78 is 9.85. The van der Waals surface area contributed by atoms with Gasteiger partial charge in [-0.1, -0.05) is 12.1 Å². The predicted molar refractivity (Wildman–Crippen MR) is 104 cm³/mol. The lowest BCUT2D eigenvalue weighted by Gasteiger charge is -2.11. The topological polar surface area (TPSA) is 77.5 Å². The van der Waals surface area contributed by atoms with Crippen molar-refractivity contribution in [2.24, 2.45) is 0 Å². The van der Waals surface area contributed by atoms with Crippen LogP contribution in [0.5, 0.6) is 0 Å². The molecule has 0 saturated heterocycles. The molecule has 1 heterocycles. The minimum absolute atomic E-state index is 0.172. The van der Waals surface area contributed by atoms with Gasteiger partial charge < -0.3 is 14.8 Å². The van der Waals surface area contributed by atoms with Crippen molar-refractivity contribution < 1.29 is 19.1 Å². The highest BCUT2D eigenvalue weighted by Crippen LogP contribution is 2.26. The first-order valence-corrected chi connectivity index (χ1v) is 8.81. The van der Waals surface area contributed by atoms with Gasteiger partial charge in [-0.2, -0.15) is 0 Å². The molecule has 0 atom stereocenters. The maximum atomic E-state index is 12.0. The number of carbonyl (C=O) groups excluding carboxylic acids is 2. The molecule has 2 rings (SSSR count). The zero-order chi connectivity index (χ0) is 19.8. The molecule has 0 spiro atoms. The normalized spacial score (nSPS) is 10.1. The Morgan fingerprint density at radius 2 is 1.74 bits per heavy atom. The fraction of sp³-hybridized carbons (Fsp3) is 0.286. The SMILES string of the molecule is CCOC(=O)C(=CNc1cccc(-c2ccnc(C)c2C)c1)C(=O)OCC. The lowest BCUT2D eigenvalue weighted by Crippen LogP contribution is -2.19. The molecule has 0 aliphatic heterocycles. The van der Waals surface area contributed by atoms with Crippen LogP contribution in [0.2, 0.25) is 0 Å². The average Bonchev–Trinajstić information content (AvgIpc) is 2.65. The molecular formula is C21H24N2O4. The summed E-state index contributed by atoms with van der Waals surface area (Å²) in [6, 6.07) is 9.63. The fourth-order valence-electron chi connectivity index (χ4n) is 2.50. The van der Waals surface area contributed by atoms with Crippen LogP contribution in [0.15, 0.2) is 48.3 Å². The van der Waals surface area contributed by atoms with Crippen LogP contribution in [0.3, 0.4) is 0 Å². The van der Waals surface area contributed by atoms with Crippen LogP contribution >= 0.6 is 0 Å². The summed E-state index contributed by atoms with van der Waals surface area (Å²) in [5.74, 6) is -1.44. The predicted octanol–water partition coefficient (Wildman–Crippen LogP) is 3.79. The highest BCUT2D eigenvalue weighted by Gasteiger charge is 2.20.